The largest absolute Gasteiger partial charge is 0.328 e. The first kappa shape index (κ1) is 8.55. The smallest absolute Gasteiger partial charge is 0.00469 e. The van der Waals surface area contributed by atoms with Crippen molar-refractivity contribution < 1.29 is 0 Å². The Morgan fingerprint density at radius 3 is 2.17 bits per heavy atom. The average Bonchev–Trinajstić information content (AvgIpc) is 2.76. The summed E-state index contributed by atoms with van der Waals surface area (Å²) in [6.07, 6.45) is 1.45. The van der Waals surface area contributed by atoms with Gasteiger partial charge in [0.15, 0.2) is 0 Å². The Morgan fingerprint density at radius 2 is 1.92 bits per heavy atom. The molecule has 6 unspecified atom stereocenters. The Labute approximate surface area is 75.7 Å². The molecule has 2 fully saturated rings. The molecule has 12 heavy (non-hydrogen) atoms. The van der Waals surface area contributed by atoms with E-state index >= 15 is 0 Å². The summed E-state index contributed by atoms with van der Waals surface area (Å²) >= 11 is 0. The summed E-state index contributed by atoms with van der Waals surface area (Å²) in [4.78, 5) is 0. The van der Waals surface area contributed by atoms with E-state index in [-0.39, 0.29) is 0 Å². The van der Waals surface area contributed by atoms with Gasteiger partial charge in [0.2, 0.25) is 0 Å². The summed E-state index contributed by atoms with van der Waals surface area (Å²) in [5, 5.41) is 0. The number of hydrogen-bond donors (Lipinski definition) is 1. The molecule has 0 amide bonds. The predicted octanol–water partition coefficient (Wildman–Crippen LogP) is 2.26. The molecule has 2 aliphatic carbocycles. The Balaban J connectivity index is 2.05. The number of nitrogens with two attached hydrogens (primary N) is 1. The van der Waals surface area contributed by atoms with Gasteiger partial charge in [0.25, 0.3) is 0 Å². The first-order valence-electron chi connectivity index (χ1n) is 5.25. The molecule has 6 atom stereocenters. The zero-order chi connectivity index (χ0) is 9.09. The first-order valence-corrected chi connectivity index (χ1v) is 5.25. The van der Waals surface area contributed by atoms with E-state index in [0.717, 1.165) is 23.7 Å². The maximum atomic E-state index is 5.97. The molecule has 70 valence electrons. The minimum atomic E-state index is 0.401. The third-order valence-electron chi connectivity index (χ3n) is 4.60. The summed E-state index contributed by atoms with van der Waals surface area (Å²) in [7, 11) is 0. The Morgan fingerprint density at radius 1 is 1.42 bits per heavy atom. The lowest BCUT2D eigenvalue weighted by molar-refractivity contribution is 0.381. The molecule has 1 heteroatoms. The third-order valence-corrected chi connectivity index (χ3v) is 4.60. The standard InChI is InChI=1S/C11H21N/c1-6-5-9(6)11(4)7(2)10(11)8(3)12/h6-10H,5,12H2,1-4H3. The number of rotatable bonds is 2. The summed E-state index contributed by atoms with van der Waals surface area (Å²) in [5.74, 6) is 3.63. The fourth-order valence-corrected chi connectivity index (χ4v) is 3.59. The van der Waals surface area contributed by atoms with Crippen LogP contribution in [0.1, 0.15) is 34.1 Å². The zero-order valence-corrected chi connectivity index (χ0v) is 8.67. The van der Waals surface area contributed by atoms with Gasteiger partial charge in [-0.25, -0.2) is 0 Å². The molecule has 0 aromatic carbocycles. The third kappa shape index (κ3) is 0.891. The molecule has 0 heterocycles. The van der Waals surface area contributed by atoms with Crippen molar-refractivity contribution in [3.8, 4) is 0 Å². The topological polar surface area (TPSA) is 26.0 Å². The van der Waals surface area contributed by atoms with E-state index in [1.807, 2.05) is 0 Å². The van der Waals surface area contributed by atoms with Crippen LogP contribution < -0.4 is 5.73 Å². The van der Waals surface area contributed by atoms with E-state index in [0.29, 0.717) is 11.5 Å². The van der Waals surface area contributed by atoms with Gasteiger partial charge in [-0.2, -0.15) is 0 Å². The molecular weight excluding hydrogens is 146 g/mol. The maximum Gasteiger partial charge on any atom is 0.00469 e. The van der Waals surface area contributed by atoms with Crippen LogP contribution in [0.4, 0.5) is 0 Å². The average molecular weight is 167 g/mol. The van der Waals surface area contributed by atoms with Crippen molar-refractivity contribution in [1.29, 1.82) is 0 Å². The van der Waals surface area contributed by atoms with E-state index in [1.165, 1.54) is 6.42 Å². The normalized spacial score (nSPS) is 59.8. The van der Waals surface area contributed by atoms with Crippen molar-refractivity contribution in [1.82, 2.24) is 0 Å². The molecule has 0 aromatic heterocycles. The second kappa shape index (κ2) is 2.25. The van der Waals surface area contributed by atoms with Crippen molar-refractivity contribution in [3.05, 3.63) is 0 Å². The van der Waals surface area contributed by atoms with Gasteiger partial charge >= 0.3 is 0 Å². The molecule has 0 aliphatic heterocycles. The van der Waals surface area contributed by atoms with Crippen LogP contribution in [-0.4, -0.2) is 6.04 Å². The predicted molar refractivity (Wildman–Crippen MR) is 51.7 cm³/mol. The molecule has 0 saturated heterocycles. The SMILES string of the molecule is CC(N)C1C(C)C1(C)C1CC1C. The fraction of sp³-hybridized carbons (Fsp3) is 1.00. The van der Waals surface area contributed by atoms with Gasteiger partial charge in [-0.3, -0.25) is 0 Å². The molecule has 2 N–H and O–H groups in total. The maximum absolute atomic E-state index is 5.97. The summed E-state index contributed by atoms with van der Waals surface area (Å²) in [5.41, 5.74) is 6.58. The quantitative estimate of drug-likeness (QED) is 0.670. The van der Waals surface area contributed by atoms with Gasteiger partial charge in [-0.1, -0.05) is 20.8 Å². The van der Waals surface area contributed by atoms with E-state index in [2.05, 4.69) is 27.7 Å². The molecule has 2 rings (SSSR count). The minimum Gasteiger partial charge on any atom is -0.328 e. The summed E-state index contributed by atoms with van der Waals surface area (Å²) in [6.45, 7) is 9.36. The van der Waals surface area contributed by atoms with E-state index < -0.39 is 0 Å². The van der Waals surface area contributed by atoms with Crippen LogP contribution in [0, 0.1) is 29.1 Å². The van der Waals surface area contributed by atoms with Crippen molar-refractivity contribution in [2.24, 2.45) is 34.8 Å². The monoisotopic (exact) mass is 167 g/mol. The van der Waals surface area contributed by atoms with Gasteiger partial charge < -0.3 is 5.73 Å². The van der Waals surface area contributed by atoms with Gasteiger partial charge in [0.1, 0.15) is 0 Å². The number of hydrogen-bond acceptors (Lipinski definition) is 1. The van der Waals surface area contributed by atoms with Gasteiger partial charge in [-0.15, -0.1) is 0 Å². The van der Waals surface area contributed by atoms with Crippen molar-refractivity contribution >= 4 is 0 Å². The molecule has 2 saturated carbocycles. The second-order valence-corrected chi connectivity index (χ2v) is 5.36. The van der Waals surface area contributed by atoms with Gasteiger partial charge in [-0.05, 0) is 42.4 Å². The molecule has 0 radical (unpaired) electrons. The van der Waals surface area contributed by atoms with Crippen LogP contribution in [0.2, 0.25) is 0 Å². The highest BCUT2D eigenvalue weighted by Gasteiger charge is 2.67. The van der Waals surface area contributed by atoms with Crippen molar-refractivity contribution in [2.75, 3.05) is 0 Å². The molecule has 1 nitrogen and oxygen atoms in total. The van der Waals surface area contributed by atoms with Gasteiger partial charge in [0, 0.05) is 6.04 Å². The lowest BCUT2D eigenvalue weighted by atomic mass is 9.95. The first-order chi connectivity index (χ1) is 5.49. The minimum absolute atomic E-state index is 0.401. The molecule has 0 bridgehead atoms. The highest BCUT2D eigenvalue weighted by atomic mass is 14.8. The molecule has 0 aromatic rings. The molecule has 2 aliphatic rings. The van der Waals surface area contributed by atoms with Crippen LogP contribution in [-0.2, 0) is 0 Å². The molecule has 0 spiro atoms. The Hall–Kier alpha value is -0.0400. The zero-order valence-electron chi connectivity index (χ0n) is 8.67. The summed E-state index contributed by atoms with van der Waals surface area (Å²) < 4.78 is 0. The van der Waals surface area contributed by atoms with E-state index in [9.17, 15) is 0 Å². The van der Waals surface area contributed by atoms with Crippen molar-refractivity contribution in [2.45, 2.75) is 40.2 Å². The van der Waals surface area contributed by atoms with E-state index in [1.54, 1.807) is 0 Å². The van der Waals surface area contributed by atoms with Crippen LogP contribution in [0.15, 0.2) is 0 Å². The Kier molecular flexibility index (Phi) is 1.61. The van der Waals surface area contributed by atoms with Gasteiger partial charge in [0.05, 0.1) is 0 Å². The lowest BCUT2D eigenvalue weighted by Gasteiger charge is -2.12. The highest BCUT2D eigenvalue weighted by molar-refractivity contribution is 5.16. The van der Waals surface area contributed by atoms with Crippen LogP contribution in [0.25, 0.3) is 0 Å². The summed E-state index contributed by atoms with van der Waals surface area (Å²) in [6, 6.07) is 0.401. The van der Waals surface area contributed by atoms with Crippen LogP contribution >= 0.6 is 0 Å². The van der Waals surface area contributed by atoms with Crippen LogP contribution in [0.5, 0.6) is 0 Å². The van der Waals surface area contributed by atoms with E-state index in [4.69, 9.17) is 5.73 Å². The van der Waals surface area contributed by atoms with Crippen LogP contribution in [0.3, 0.4) is 0 Å². The molecular formula is C11H21N. The second-order valence-electron chi connectivity index (χ2n) is 5.36. The lowest BCUT2D eigenvalue weighted by Crippen LogP contribution is -2.22. The Bertz CT molecular complexity index is 199. The highest BCUT2D eigenvalue weighted by Crippen LogP contribution is 2.71. The fourth-order valence-electron chi connectivity index (χ4n) is 3.59. The van der Waals surface area contributed by atoms with Crippen molar-refractivity contribution in [3.63, 3.8) is 0 Å².